The number of halogens is 2. The third-order valence-corrected chi connectivity index (χ3v) is 13.0. The first-order valence-electron chi connectivity index (χ1n) is 21.3. The van der Waals surface area contributed by atoms with E-state index in [2.05, 4.69) is 41.9 Å². The van der Waals surface area contributed by atoms with Gasteiger partial charge in [-0.3, -0.25) is 9.52 Å². The largest absolute Gasteiger partial charge is 0.378 e. The van der Waals surface area contributed by atoms with Crippen molar-refractivity contribution in [3.05, 3.63) is 69.6 Å². The summed E-state index contributed by atoms with van der Waals surface area (Å²) >= 11 is 12.4. The Kier molecular flexibility index (Phi) is 12.4. The standard InChI is InChI=1S/C26H32ClN7O4S.C15H20ClN5O/c1-39(36,37)30-20-7-6-18(27)15-19(20)26(35)33-10-3-2-5-22(33)21-16-24-28-23(31-8-4-9-31)17-25(34(24)29-21)32-11-13-38-14-12-32;16-13-10-15(20-5-7-22-8-6-20)21-14(18-13)9-12(19-21)11-3-1-2-4-17-11/h6-7,15-17,22,30H,2-5,8-14H2,1H3;9-11,17H,1-8H2/t22-;11-/m00/s1. The van der Waals surface area contributed by atoms with Gasteiger partial charge in [0.2, 0.25) is 10.0 Å². The highest BCUT2D eigenvalue weighted by atomic mass is 35.5. The second-order valence-electron chi connectivity index (χ2n) is 16.2. The molecule has 5 aliphatic rings. The average molecular weight is 896 g/mol. The number of hydrogen-bond donors (Lipinski definition) is 2. The molecule has 2 N–H and O–H groups in total. The van der Waals surface area contributed by atoms with E-state index in [-0.39, 0.29) is 23.2 Å². The summed E-state index contributed by atoms with van der Waals surface area (Å²) in [4.78, 5) is 31.9. The Morgan fingerprint density at radius 1 is 0.738 bits per heavy atom. The Morgan fingerprint density at radius 3 is 2.05 bits per heavy atom. The van der Waals surface area contributed by atoms with Gasteiger partial charge in [0.1, 0.15) is 22.6 Å². The van der Waals surface area contributed by atoms with Crippen LogP contribution in [0.3, 0.4) is 0 Å². The second kappa shape index (κ2) is 18.1. The number of hydrogen-bond acceptors (Lipinski definition) is 13. The van der Waals surface area contributed by atoms with E-state index in [1.807, 2.05) is 21.2 Å². The predicted octanol–water partition coefficient (Wildman–Crippen LogP) is 5.20. The number of amides is 1. The van der Waals surface area contributed by atoms with E-state index in [1.54, 1.807) is 11.0 Å². The number of nitrogens with zero attached hydrogens (tertiary/aromatic N) is 10. The second-order valence-corrected chi connectivity index (χ2v) is 18.8. The van der Waals surface area contributed by atoms with Gasteiger partial charge >= 0.3 is 0 Å². The van der Waals surface area contributed by atoms with Gasteiger partial charge in [-0.05, 0) is 63.3 Å². The lowest BCUT2D eigenvalue weighted by Crippen LogP contribution is -2.40. The van der Waals surface area contributed by atoms with Crippen LogP contribution in [-0.2, 0) is 19.5 Å². The molecule has 326 valence electrons. The van der Waals surface area contributed by atoms with Crippen molar-refractivity contribution in [3.63, 3.8) is 0 Å². The summed E-state index contributed by atoms with van der Waals surface area (Å²) in [5.74, 6) is 2.63. The summed E-state index contributed by atoms with van der Waals surface area (Å²) in [6.45, 7) is 9.60. The molecule has 20 heteroatoms. The molecular weight excluding hydrogens is 844 g/mol. The molecule has 61 heavy (non-hydrogen) atoms. The number of ether oxygens (including phenoxy) is 2. The summed E-state index contributed by atoms with van der Waals surface area (Å²) < 4.78 is 41.2. The lowest BCUT2D eigenvalue weighted by atomic mass is 9.98. The molecule has 5 fully saturated rings. The minimum Gasteiger partial charge on any atom is -0.378 e. The van der Waals surface area contributed by atoms with Gasteiger partial charge < -0.3 is 34.4 Å². The molecule has 0 radical (unpaired) electrons. The predicted molar refractivity (Wildman–Crippen MR) is 236 cm³/mol. The maximum Gasteiger partial charge on any atom is 0.256 e. The molecule has 5 aliphatic heterocycles. The molecule has 0 aliphatic carbocycles. The lowest BCUT2D eigenvalue weighted by molar-refractivity contribution is 0.0606. The van der Waals surface area contributed by atoms with Crippen LogP contribution in [0.15, 0.2) is 42.5 Å². The van der Waals surface area contributed by atoms with E-state index < -0.39 is 10.0 Å². The zero-order chi connectivity index (χ0) is 42.1. The first kappa shape index (κ1) is 41.9. The Morgan fingerprint density at radius 2 is 1.39 bits per heavy atom. The average Bonchev–Trinajstić information content (AvgIpc) is 3.89. The fourth-order valence-electron chi connectivity index (χ4n) is 8.71. The van der Waals surface area contributed by atoms with E-state index in [0.29, 0.717) is 36.0 Å². The van der Waals surface area contributed by atoms with Gasteiger partial charge in [-0.2, -0.15) is 19.2 Å². The first-order valence-corrected chi connectivity index (χ1v) is 23.9. The molecule has 2 atom stereocenters. The molecule has 0 unspecified atom stereocenters. The van der Waals surface area contributed by atoms with Crippen molar-refractivity contribution in [1.29, 1.82) is 0 Å². The first-order chi connectivity index (χ1) is 29.6. The highest BCUT2D eigenvalue weighted by molar-refractivity contribution is 7.92. The number of nitrogens with one attached hydrogen (secondary N) is 2. The van der Waals surface area contributed by atoms with Gasteiger partial charge in [0.05, 0.1) is 67.4 Å². The number of carbonyl (C=O) groups excluding carboxylic acids is 1. The Balaban J connectivity index is 0.000000182. The quantitative estimate of drug-likeness (QED) is 0.195. The van der Waals surface area contributed by atoms with Crippen molar-refractivity contribution in [2.24, 2.45) is 0 Å². The summed E-state index contributed by atoms with van der Waals surface area (Å²) in [7, 11) is -3.59. The normalized spacial score (nSPS) is 21.3. The molecule has 0 bridgehead atoms. The third-order valence-electron chi connectivity index (χ3n) is 11.9. The molecule has 4 aromatic heterocycles. The number of morpholine rings is 2. The zero-order valence-corrected chi connectivity index (χ0v) is 36.6. The van der Waals surface area contributed by atoms with Crippen LogP contribution in [0.2, 0.25) is 10.2 Å². The minimum atomic E-state index is -3.59. The van der Waals surface area contributed by atoms with Crippen LogP contribution < -0.4 is 24.7 Å². The van der Waals surface area contributed by atoms with E-state index in [0.717, 1.165) is 138 Å². The van der Waals surface area contributed by atoms with Crippen LogP contribution in [0.5, 0.6) is 0 Å². The number of likely N-dealkylation sites (tertiary alicyclic amines) is 1. The number of anilines is 4. The fraction of sp³-hybridized carbons (Fsp3) is 0.537. The molecule has 9 heterocycles. The van der Waals surface area contributed by atoms with Crippen LogP contribution >= 0.6 is 23.2 Å². The highest BCUT2D eigenvalue weighted by Gasteiger charge is 2.33. The van der Waals surface area contributed by atoms with Crippen molar-refractivity contribution in [2.75, 3.05) is 104 Å². The summed E-state index contributed by atoms with van der Waals surface area (Å²) in [6.07, 6.45) is 8.38. The zero-order valence-electron chi connectivity index (χ0n) is 34.3. The molecule has 17 nitrogen and oxygen atoms in total. The Bertz CT molecular complexity index is 2480. The Hall–Kier alpha value is -4.46. The number of benzene rings is 1. The maximum absolute atomic E-state index is 13.9. The lowest BCUT2D eigenvalue weighted by Gasteiger charge is -2.35. The van der Waals surface area contributed by atoms with Crippen LogP contribution in [-0.4, -0.2) is 133 Å². The SMILES string of the molecule is CS(=O)(=O)Nc1ccc(Cl)cc1C(=O)N1CCCC[C@H]1c1cc2nc(N3CCC3)cc(N3CCOCC3)n2n1.Clc1cc(N2CCOCC2)n2nc([C@@H]3CCCCN3)cc2n1. The molecule has 0 saturated carbocycles. The van der Waals surface area contributed by atoms with Crippen LogP contribution in [0.4, 0.5) is 23.1 Å². The Labute approximate surface area is 365 Å². The molecular formula is C41H52Cl2N12O5S. The number of piperidine rings is 2. The van der Waals surface area contributed by atoms with E-state index in [4.69, 9.17) is 47.9 Å². The van der Waals surface area contributed by atoms with Crippen molar-refractivity contribution in [1.82, 2.24) is 39.4 Å². The smallest absolute Gasteiger partial charge is 0.256 e. The van der Waals surface area contributed by atoms with Crippen LogP contribution in [0.1, 0.15) is 78.8 Å². The van der Waals surface area contributed by atoms with Crippen molar-refractivity contribution >= 4 is 73.6 Å². The molecule has 0 spiro atoms. The van der Waals surface area contributed by atoms with Gasteiger partial charge in [0, 0.05) is 75.1 Å². The summed E-state index contributed by atoms with van der Waals surface area (Å²) in [5, 5.41) is 14.2. The van der Waals surface area contributed by atoms with Crippen molar-refractivity contribution < 1.29 is 22.7 Å². The fourth-order valence-corrected chi connectivity index (χ4v) is 9.64. The maximum atomic E-state index is 13.9. The van der Waals surface area contributed by atoms with Gasteiger partial charge in [-0.25, -0.2) is 18.4 Å². The number of sulfonamides is 1. The minimum absolute atomic E-state index is 0.210. The monoisotopic (exact) mass is 894 g/mol. The molecule has 10 rings (SSSR count). The molecule has 5 aromatic rings. The number of aromatic nitrogens is 6. The molecule has 1 amide bonds. The van der Waals surface area contributed by atoms with Gasteiger partial charge in [0.25, 0.3) is 5.91 Å². The van der Waals surface area contributed by atoms with Crippen molar-refractivity contribution in [3.8, 4) is 0 Å². The molecule has 1 aromatic carbocycles. The van der Waals surface area contributed by atoms with Gasteiger partial charge in [-0.1, -0.05) is 29.6 Å². The third kappa shape index (κ3) is 9.34. The van der Waals surface area contributed by atoms with Crippen LogP contribution in [0.25, 0.3) is 11.3 Å². The van der Waals surface area contributed by atoms with Gasteiger partial charge in [-0.15, -0.1) is 0 Å². The number of fused-ring (bicyclic) bond motifs is 2. The topological polar surface area (TPSA) is 167 Å². The summed E-state index contributed by atoms with van der Waals surface area (Å²) in [5.41, 5.74) is 3.82. The van der Waals surface area contributed by atoms with E-state index in [1.165, 1.54) is 25.0 Å². The molecule has 5 saturated heterocycles. The van der Waals surface area contributed by atoms with E-state index >= 15 is 0 Å². The van der Waals surface area contributed by atoms with E-state index in [9.17, 15) is 13.2 Å². The number of rotatable bonds is 8. The number of carbonyl (C=O) groups is 1. The van der Waals surface area contributed by atoms with Gasteiger partial charge in [0.15, 0.2) is 11.3 Å². The van der Waals surface area contributed by atoms with Crippen LogP contribution in [0, 0.1) is 0 Å². The highest BCUT2D eigenvalue weighted by Crippen LogP contribution is 2.36. The summed E-state index contributed by atoms with van der Waals surface area (Å²) in [6, 6.07) is 12.7. The van der Waals surface area contributed by atoms with Crippen molar-refractivity contribution in [2.45, 2.75) is 57.0 Å².